The zero-order valence-corrected chi connectivity index (χ0v) is 27.0. The molecule has 3 aromatic carbocycles. The maximum atomic E-state index is 12.9. The van der Waals surface area contributed by atoms with Gasteiger partial charge in [0.05, 0.1) is 36.7 Å². The van der Waals surface area contributed by atoms with Gasteiger partial charge in [-0.05, 0) is 69.7 Å². The third-order valence-electron chi connectivity index (χ3n) is 7.17. The first-order valence-electron chi connectivity index (χ1n) is 14.7. The molecule has 0 bridgehead atoms. The maximum Gasteiger partial charge on any atom is 0.407 e. The Hall–Kier alpha value is -5.59. The van der Waals surface area contributed by atoms with Crippen LogP contribution in [0.4, 0.5) is 16.2 Å². The van der Waals surface area contributed by atoms with E-state index in [-0.39, 0.29) is 31.5 Å². The van der Waals surface area contributed by atoms with Gasteiger partial charge in [-0.1, -0.05) is 30.3 Å². The lowest BCUT2D eigenvalue weighted by molar-refractivity contribution is -0.132. The zero-order chi connectivity index (χ0) is 34.4. The van der Waals surface area contributed by atoms with Crippen molar-refractivity contribution in [3.05, 3.63) is 83.4 Å². The van der Waals surface area contributed by atoms with E-state index in [1.165, 1.54) is 25.2 Å². The largest absolute Gasteiger partial charge is 0.476 e. The molecule has 13 heteroatoms. The van der Waals surface area contributed by atoms with Gasteiger partial charge in [0.15, 0.2) is 11.2 Å². The molecule has 47 heavy (non-hydrogen) atoms. The Morgan fingerprint density at radius 2 is 1.40 bits per heavy atom. The summed E-state index contributed by atoms with van der Waals surface area (Å²) in [6.07, 6.45) is -0.581. The molecule has 248 valence electrons. The number of benzene rings is 3. The van der Waals surface area contributed by atoms with Crippen LogP contribution in [-0.4, -0.2) is 68.4 Å². The molecule has 2 heterocycles. The summed E-state index contributed by atoms with van der Waals surface area (Å²) in [6.45, 7) is 7.20. The summed E-state index contributed by atoms with van der Waals surface area (Å²) >= 11 is 0. The van der Waals surface area contributed by atoms with E-state index < -0.39 is 29.2 Å². The van der Waals surface area contributed by atoms with Crippen LogP contribution in [0.25, 0.3) is 0 Å². The summed E-state index contributed by atoms with van der Waals surface area (Å²) in [4.78, 5) is 61.2. The fraction of sp³-hybridized carbons (Fsp3) is 0.324. The first-order chi connectivity index (χ1) is 22.3. The Morgan fingerprint density at radius 3 is 2.04 bits per heavy atom. The molecule has 0 radical (unpaired) electrons. The molecule has 5 rings (SSSR count). The van der Waals surface area contributed by atoms with Gasteiger partial charge in [-0.15, -0.1) is 0 Å². The Balaban J connectivity index is 0.000000248. The highest BCUT2D eigenvalue weighted by molar-refractivity contribution is 6.04. The number of carbonyl (C=O) groups is 5. The maximum absolute atomic E-state index is 12.9. The highest BCUT2D eigenvalue weighted by Gasteiger charge is 2.41. The number of anilines is 2. The number of nitrogens with zero attached hydrogens (tertiary/aromatic N) is 1. The first-order valence-corrected chi connectivity index (χ1v) is 14.7. The van der Waals surface area contributed by atoms with Crippen LogP contribution in [0.1, 0.15) is 54.0 Å². The van der Waals surface area contributed by atoms with Crippen LogP contribution < -0.4 is 25.0 Å². The minimum atomic E-state index is -1.08. The Labute approximate surface area is 272 Å². The zero-order valence-electron chi connectivity index (χ0n) is 27.0. The van der Waals surface area contributed by atoms with Crippen LogP contribution >= 0.6 is 0 Å². The number of methoxy groups -OCH3 is 2. The number of hydrogen-bond acceptors (Lipinski definition) is 10. The van der Waals surface area contributed by atoms with Crippen molar-refractivity contribution >= 4 is 41.2 Å². The van der Waals surface area contributed by atoms with Crippen molar-refractivity contribution in [2.24, 2.45) is 0 Å². The van der Waals surface area contributed by atoms with Crippen molar-refractivity contribution in [3.63, 3.8) is 0 Å². The summed E-state index contributed by atoms with van der Waals surface area (Å²) in [7, 11) is 2.59. The van der Waals surface area contributed by atoms with Gasteiger partial charge in [0.25, 0.3) is 11.8 Å². The molecular weight excluding hydrogens is 610 g/mol. The fourth-order valence-corrected chi connectivity index (χ4v) is 4.63. The van der Waals surface area contributed by atoms with Crippen LogP contribution in [0.2, 0.25) is 0 Å². The van der Waals surface area contributed by atoms with Gasteiger partial charge >= 0.3 is 18.0 Å². The van der Waals surface area contributed by atoms with E-state index in [2.05, 4.69) is 15.4 Å². The molecule has 2 aliphatic rings. The van der Waals surface area contributed by atoms with Crippen molar-refractivity contribution in [1.82, 2.24) is 5.32 Å². The summed E-state index contributed by atoms with van der Waals surface area (Å²) < 4.78 is 25.9. The van der Waals surface area contributed by atoms with Crippen molar-refractivity contribution in [2.75, 3.05) is 37.5 Å². The highest BCUT2D eigenvalue weighted by atomic mass is 16.5. The summed E-state index contributed by atoms with van der Waals surface area (Å²) in [6, 6.07) is 18.9. The third-order valence-corrected chi connectivity index (χ3v) is 7.17. The van der Waals surface area contributed by atoms with E-state index in [9.17, 15) is 24.0 Å². The molecular formula is C34H37N3O10. The minimum Gasteiger partial charge on any atom is -0.476 e. The standard InChI is InChI=1S/C22H24N2O6.C12H13NO4/c1-22(2)20(26)24(17-13-16(19(25)28-3)9-10-18(17)30-22)12-11-23-21(27)29-14-15-7-5-4-6-8-15;1-12(2)11(15)13-8-6-7(10(14)16-3)4-5-9(8)17-12/h4-10,13H,11-12,14H2,1-3H3,(H,23,27);4-6H,1-3H3,(H,13,15). The van der Waals surface area contributed by atoms with Crippen LogP contribution in [0, 0.1) is 0 Å². The molecule has 0 unspecified atom stereocenters. The second kappa shape index (κ2) is 14.2. The number of alkyl carbamates (subject to hydrolysis) is 1. The topological polar surface area (TPSA) is 159 Å². The molecule has 2 aliphatic heterocycles. The van der Waals surface area contributed by atoms with Crippen molar-refractivity contribution < 1.29 is 47.7 Å². The third kappa shape index (κ3) is 8.17. The molecule has 13 nitrogen and oxygen atoms in total. The average molecular weight is 648 g/mol. The molecule has 0 saturated carbocycles. The van der Waals surface area contributed by atoms with Gasteiger partial charge in [-0.2, -0.15) is 0 Å². The quantitative estimate of drug-likeness (QED) is 0.277. The highest BCUT2D eigenvalue weighted by Crippen LogP contribution is 2.38. The SMILES string of the molecule is COC(=O)c1ccc2c(c1)N(CCNC(=O)OCc1ccccc1)C(=O)C(C)(C)O2.COC(=O)c1ccc2c(c1)NC(=O)C(C)(C)O2. The molecule has 3 amide bonds. The molecule has 0 atom stereocenters. The smallest absolute Gasteiger partial charge is 0.407 e. The van der Waals surface area contributed by atoms with Crippen LogP contribution in [-0.2, 0) is 30.4 Å². The molecule has 0 aromatic heterocycles. The lowest BCUT2D eigenvalue weighted by atomic mass is 10.0. The van der Waals surface area contributed by atoms with E-state index in [1.54, 1.807) is 58.0 Å². The van der Waals surface area contributed by atoms with E-state index in [0.717, 1.165) is 5.56 Å². The number of esters is 2. The van der Waals surface area contributed by atoms with E-state index in [0.29, 0.717) is 34.0 Å². The van der Waals surface area contributed by atoms with Crippen LogP contribution in [0.15, 0.2) is 66.7 Å². The average Bonchev–Trinajstić information content (AvgIpc) is 3.05. The normalized spacial score (nSPS) is 15.1. The predicted octanol–water partition coefficient (Wildman–Crippen LogP) is 4.49. The van der Waals surface area contributed by atoms with Gasteiger partial charge in [-0.25, -0.2) is 14.4 Å². The van der Waals surface area contributed by atoms with Crippen LogP contribution in [0.3, 0.4) is 0 Å². The second-order valence-corrected chi connectivity index (χ2v) is 11.5. The molecule has 0 fully saturated rings. The number of carbonyl (C=O) groups excluding carboxylic acids is 5. The van der Waals surface area contributed by atoms with Crippen molar-refractivity contribution in [1.29, 1.82) is 0 Å². The van der Waals surface area contributed by atoms with E-state index in [4.69, 9.17) is 18.9 Å². The predicted molar refractivity (Wildman–Crippen MR) is 171 cm³/mol. The first kappa shape index (κ1) is 34.3. The van der Waals surface area contributed by atoms with Gasteiger partial charge in [0.1, 0.15) is 18.1 Å². The van der Waals surface area contributed by atoms with Gasteiger partial charge in [0, 0.05) is 13.1 Å². The van der Waals surface area contributed by atoms with Crippen molar-refractivity contribution in [3.8, 4) is 11.5 Å². The Kier molecular flexibility index (Phi) is 10.4. The molecule has 3 aromatic rings. The number of fused-ring (bicyclic) bond motifs is 2. The van der Waals surface area contributed by atoms with Crippen LogP contribution in [0.5, 0.6) is 11.5 Å². The Bertz CT molecular complexity index is 1670. The molecule has 0 saturated heterocycles. The minimum absolute atomic E-state index is 0.154. The summed E-state index contributed by atoms with van der Waals surface area (Å²) in [5, 5.41) is 5.34. The van der Waals surface area contributed by atoms with Crippen molar-refractivity contribution in [2.45, 2.75) is 45.5 Å². The lowest BCUT2D eigenvalue weighted by Gasteiger charge is -2.39. The number of nitrogens with one attached hydrogen (secondary N) is 2. The fourth-order valence-electron chi connectivity index (χ4n) is 4.63. The monoisotopic (exact) mass is 647 g/mol. The van der Waals surface area contributed by atoms with Gasteiger partial charge < -0.3 is 39.2 Å². The van der Waals surface area contributed by atoms with E-state index in [1.807, 2.05) is 30.3 Å². The second-order valence-electron chi connectivity index (χ2n) is 11.5. The molecule has 0 aliphatic carbocycles. The number of hydrogen-bond donors (Lipinski definition) is 2. The lowest BCUT2D eigenvalue weighted by Crippen LogP contribution is -2.54. The summed E-state index contributed by atoms with van der Waals surface area (Å²) in [5.74, 6) is -0.478. The molecule has 2 N–H and O–H groups in total. The number of amides is 3. The summed E-state index contributed by atoms with van der Waals surface area (Å²) in [5.41, 5.74) is 0.497. The van der Waals surface area contributed by atoms with E-state index >= 15 is 0 Å². The Morgan fingerprint density at radius 1 is 0.809 bits per heavy atom. The molecule has 0 spiro atoms. The van der Waals surface area contributed by atoms with Gasteiger partial charge in [-0.3, -0.25) is 9.59 Å². The number of rotatable bonds is 7. The van der Waals surface area contributed by atoms with Gasteiger partial charge in [0.2, 0.25) is 0 Å². The number of ether oxygens (including phenoxy) is 5.